The third-order valence-electron chi connectivity index (χ3n) is 4.90. The average Bonchev–Trinajstić information content (AvgIpc) is 3.53. The molecule has 28 heavy (non-hydrogen) atoms. The van der Waals surface area contributed by atoms with E-state index in [1.807, 2.05) is 18.2 Å². The van der Waals surface area contributed by atoms with Crippen LogP contribution in [0.4, 0.5) is 0 Å². The molecule has 150 valence electrons. The van der Waals surface area contributed by atoms with Crippen LogP contribution in [0.2, 0.25) is 5.02 Å². The summed E-state index contributed by atoms with van der Waals surface area (Å²) in [6.07, 6.45) is 2.41. The van der Waals surface area contributed by atoms with Crippen molar-refractivity contribution in [3.05, 3.63) is 70.7 Å². The number of rotatable bonds is 12. The monoisotopic (exact) mass is 402 g/mol. The predicted molar refractivity (Wildman–Crippen MR) is 111 cm³/mol. The summed E-state index contributed by atoms with van der Waals surface area (Å²) in [5.74, 6) is -0.923. The van der Waals surface area contributed by atoms with Gasteiger partial charge in [0, 0.05) is 30.7 Å². The van der Waals surface area contributed by atoms with Crippen molar-refractivity contribution in [2.45, 2.75) is 24.9 Å². The lowest BCUT2D eigenvalue weighted by Gasteiger charge is -2.25. The molecular weight excluding hydrogens is 376 g/mol. The normalized spacial score (nSPS) is 14.9. The quantitative estimate of drug-likeness (QED) is 0.531. The fraction of sp³-hybridized carbons (Fsp3) is 0.409. The number of nitrogens with one attached hydrogen (secondary N) is 1. The SMILES string of the molecule is O=C(O)COCCN(CCNC(c1ccccc1)c1ccc(Cl)cc1)C1CC1. The van der Waals surface area contributed by atoms with E-state index < -0.39 is 5.97 Å². The molecule has 1 atom stereocenters. The zero-order valence-electron chi connectivity index (χ0n) is 15.9. The maximum absolute atomic E-state index is 10.6. The molecule has 1 saturated carbocycles. The van der Waals surface area contributed by atoms with Gasteiger partial charge in [0.1, 0.15) is 6.61 Å². The van der Waals surface area contributed by atoms with Crippen LogP contribution in [0.25, 0.3) is 0 Å². The smallest absolute Gasteiger partial charge is 0.329 e. The number of aliphatic carboxylic acids is 1. The molecule has 1 aliphatic carbocycles. The Labute approximate surface area is 171 Å². The van der Waals surface area contributed by atoms with Crippen LogP contribution >= 0.6 is 11.6 Å². The molecule has 0 bridgehead atoms. The number of carboxylic acids is 1. The van der Waals surface area contributed by atoms with E-state index in [1.54, 1.807) is 0 Å². The highest BCUT2D eigenvalue weighted by molar-refractivity contribution is 6.30. The maximum Gasteiger partial charge on any atom is 0.329 e. The molecule has 1 fully saturated rings. The molecule has 0 radical (unpaired) electrons. The number of carboxylic acid groups (broad SMARTS) is 1. The third-order valence-corrected chi connectivity index (χ3v) is 5.15. The fourth-order valence-electron chi connectivity index (χ4n) is 3.34. The fourth-order valence-corrected chi connectivity index (χ4v) is 3.47. The van der Waals surface area contributed by atoms with Crippen molar-refractivity contribution in [3.8, 4) is 0 Å². The van der Waals surface area contributed by atoms with Crippen LogP contribution in [-0.2, 0) is 9.53 Å². The number of nitrogens with zero attached hydrogens (tertiary/aromatic N) is 1. The zero-order chi connectivity index (χ0) is 19.8. The van der Waals surface area contributed by atoms with Gasteiger partial charge in [0.25, 0.3) is 0 Å². The van der Waals surface area contributed by atoms with Gasteiger partial charge in [-0.15, -0.1) is 0 Å². The van der Waals surface area contributed by atoms with Crippen molar-refractivity contribution in [1.29, 1.82) is 0 Å². The van der Waals surface area contributed by atoms with E-state index in [0.29, 0.717) is 12.6 Å². The number of hydrogen-bond acceptors (Lipinski definition) is 4. The van der Waals surface area contributed by atoms with Crippen LogP contribution in [0.5, 0.6) is 0 Å². The van der Waals surface area contributed by atoms with Gasteiger partial charge in [-0.2, -0.15) is 0 Å². The van der Waals surface area contributed by atoms with Crippen molar-refractivity contribution < 1.29 is 14.6 Å². The number of benzene rings is 2. The highest BCUT2D eigenvalue weighted by Gasteiger charge is 2.28. The average molecular weight is 403 g/mol. The minimum atomic E-state index is -0.923. The van der Waals surface area contributed by atoms with Crippen LogP contribution in [0.3, 0.4) is 0 Å². The first-order chi connectivity index (χ1) is 13.6. The molecule has 1 aliphatic rings. The zero-order valence-corrected chi connectivity index (χ0v) is 16.6. The predicted octanol–water partition coefficient (Wildman–Crippen LogP) is 3.58. The summed E-state index contributed by atoms with van der Waals surface area (Å²) in [5, 5.41) is 13.1. The number of ether oxygens (including phenoxy) is 1. The molecule has 2 aromatic rings. The Balaban J connectivity index is 1.56. The van der Waals surface area contributed by atoms with Gasteiger partial charge in [-0.25, -0.2) is 4.79 Å². The first kappa shape index (κ1) is 20.8. The van der Waals surface area contributed by atoms with Gasteiger partial charge in [-0.1, -0.05) is 54.1 Å². The second-order valence-corrected chi connectivity index (χ2v) is 7.50. The van der Waals surface area contributed by atoms with Gasteiger partial charge in [0.15, 0.2) is 0 Å². The van der Waals surface area contributed by atoms with Crippen molar-refractivity contribution in [3.63, 3.8) is 0 Å². The summed E-state index contributed by atoms with van der Waals surface area (Å²) in [6, 6.07) is 19.0. The summed E-state index contributed by atoms with van der Waals surface area (Å²) in [4.78, 5) is 13.0. The minimum absolute atomic E-state index is 0.0998. The second kappa shape index (κ2) is 10.6. The first-order valence-corrected chi connectivity index (χ1v) is 10.1. The highest BCUT2D eigenvalue weighted by atomic mass is 35.5. The number of carbonyl (C=O) groups is 1. The Hall–Kier alpha value is -1.92. The van der Waals surface area contributed by atoms with Gasteiger partial charge in [-0.3, -0.25) is 4.90 Å². The van der Waals surface area contributed by atoms with Gasteiger partial charge in [0.2, 0.25) is 0 Å². The van der Waals surface area contributed by atoms with Crippen LogP contribution in [-0.4, -0.2) is 54.9 Å². The molecule has 2 N–H and O–H groups in total. The van der Waals surface area contributed by atoms with E-state index in [0.717, 1.165) is 24.7 Å². The molecule has 2 aromatic carbocycles. The third kappa shape index (κ3) is 6.60. The standard InChI is InChI=1S/C22H27ClN2O3/c23-19-8-6-18(7-9-19)22(17-4-2-1-3-5-17)24-12-13-25(20-10-11-20)14-15-28-16-21(26)27/h1-9,20,22,24H,10-16H2,(H,26,27). The van der Waals surface area contributed by atoms with E-state index in [1.165, 1.54) is 24.0 Å². The van der Waals surface area contributed by atoms with Gasteiger partial charge >= 0.3 is 5.97 Å². The molecule has 0 saturated heterocycles. The second-order valence-electron chi connectivity index (χ2n) is 7.06. The molecule has 0 heterocycles. The lowest BCUT2D eigenvalue weighted by Crippen LogP contribution is -2.37. The Kier molecular flexibility index (Phi) is 7.86. The first-order valence-electron chi connectivity index (χ1n) is 9.71. The molecule has 3 rings (SSSR count). The Morgan fingerprint density at radius 3 is 2.43 bits per heavy atom. The van der Waals surface area contributed by atoms with Crippen molar-refractivity contribution in [2.75, 3.05) is 32.8 Å². The number of halogens is 1. The van der Waals surface area contributed by atoms with E-state index in [9.17, 15) is 4.79 Å². The largest absolute Gasteiger partial charge is 0.480 e. The van der Waals surface area contributed by atoms with Crippen LogP contribution in [0, 0.1) is 0 Å². The summed E-state index contributed by atoms with van der Waals surface area (Å²) >= 11 is 6.05. The van der Waals surface area contributed by atoms with Gasteiger partial charge < -0.3 is 15.2 Å². The minimum Gasteiger partial charge on any atom is -0.480 e. The molecule has 0 aliphatic heterocycles. The molecule has 1 unspecified atom stereocenters. The van der Waals surface area contributed by atoms with Gasteiger partial charge in [-0.05, 0) is 36.1 Å². The molecule has 0 aromatic heterocycles. The topological polar surface area (TPSA) is 61.8 Å². The highest BCUT2D eigenvalue weighted by Crippen LogP contribution is 2.27. The van der Waals surface area contributed by atoms with Crippen LogP contribution in [0.1, 0.15) is 30.0 Å². The van der Waals surface area contributed by atoms with Crippen LogP contribution in [0.15, 0.2) is 54.6 Å². The van der Waals surface area contributed by atoms with Crippen molar-refractivity contribution in [1.82, 2.24) is 10.2 Å². The summed E-state index contributed by atoms with van der Waals surface area (Å²) in [5.41, 5.74) is 2.39. The Bertz CT molecular complexity index is 735. The molecule has 0 spiro atoms. The summed E-state index contributed by atoms with van der Waals surface area (Å²) in [6.45, 7) is 2.71. The molecular formula is C22H27ClN2O3. The Morgan fingerprint density at radius 1 is 1.11 bits per heavy atom. The lowest BCUT2D eigenvalue weighted by atomic mass is 9.99. The summed E-state index contributed by atoms with van der Waals surface area (Å²) < 4.78 is 5.21. The lowest BCUT2D eigenvalue weighted by molar-refractivity contribution is -0.142. The van der Waals surface area contributed by atoms with E-state index in [4.69, 9.17) is 21.4 Å². The van der Waals surface area contributed by atoms with Gasteiger partial charge in [0.05, 0.1) is 12.6 Å². The molecule has 0 amide bonds. The number of hydrogen-bond donors (Lipinski definition) is 2. The van der Waals surface area contributed by atoms with E-state index in [-0.39, 0.29) is 12.6 Å². The summed E-state index contributed by atoms with van der Waals surface area (Å²) in [7, 11) is 0. The molecule has 5 nitrogen and oxygen atoms in total. The molecule has 6 heteroatoms. The maximum atomic E-state index is 10.6. The van der Waals surface area contributed by atoms with Crippen molar-refractivity contribution >= 4 is 17.6 Å². The van der Waals surface area contributed by atoms with E-state index >= 15 is 0 Å². The van der Waals surface area contributed by atoms with Crippen LogP contribution < -0.4 is 5.32 Å². The van der Waals surface area contributed by atoms with E-state index in [2.05, 4.69) is 46.6 Å². The Morgan fingerprint density at radius 2 is 1.79 bits per heavy atom. The van der Waals surface area contributed by atoms with Crippen molar-refractivity contribution in [2.24, 2.45) is 0 Å².